The Morgan fingerprint density at radius 1 is 1.33 bits per heavy atom. The molecule has 1 aliphatic rings. The van der Waals surface area contributed by atoms with E-state index in [0.717, 1.165) is 50.6 Å². The Kier molecular flexibility index (Phi) is 7.53. The standard InChI is InChI=1S/C19H31N3O2/c1-4-24-18-14-16(7-10-22-11-8-20-9-12-22)5-6-17(18)21-19(23)13-15(2)3/h5-6,14-15,20H,4,7-13H2,1-3H3,(H,21,23). The molecule has 0 aliphatic carbocycles. The Morgan fingerprint density at radius 3 is 2.75 bits per heavy atom. The van der Waals surface area contributed by atoms with Crippen LogP contribution in [0.4, 0.5) is 5.69 Å². The van der Waals surface area contributed by atoms with Crippen LogP contribution in [0.2, 0.25) is 0 Å². The molecule has 134 valence electrons. The molecule has 5 nitrogen and oxygen atoms in total. The van der Waals surface area contributed by atoms with E-state index in [2.05, 4.69) is 27.7 Å². The first-order valence-electron chi connectivity index (χ1n) is 9.07. The highest BCUT2D eigenvalue weighted by molar-refractivity contribution is 5.92. The summed E-state index contributed by atoms with van der Waals surface area (Å²) in [6, 6.07) is 6.13. The number of rotatable bonds is 8. The van der Waals surface area contributed by atoms with Gasteiger partial charge in [-0.3, -0.25) is 4.79 Å². The summed E-state index contributed by atoms with van der Waals surface area (Å²) < 4.78 is 5.74. The summed E-state index contributed by atoms with van der Waals surface area (Å²) in [5, 5.41) is 6.35. The summed E-state index contributed by atoms with van der Waals surface area (Å²) in [5.41, 5.74) is 2.02. The van der Waals surface area contributed by atoms with Crippen molar-refractivity contribution in [2.75, 3.05) is 44.6 Å². The minimum atomic E-state index is 0.0412. The molecule has 24 heavy (non-hydrogen) atoms. The number of anilines is 1. The second kappa shape index (κ2) is 9.64. The zero-order chi connectivity index (χ0) is 17.4. The number of ether oxygens (including phenoxy) is 1. The van der Waals surface area contributed by atoms with Crippen molar-refractivity contribution in [3.63, 3.8) is 0 Å². The Balaban J connectivity index is 1.98. The fraction of sp³-hybridized carbons (Fsp3) is 0.632. The average Bonchev–Trinajstić information content (AvgIpc) is 2.55. The van der Waals surface area contributed by atoms with Gasteiger partial charge < -0.3 is 20.3 Å². The first-order valence-corrected chi connectivity index (χ1v) is 9.07. The lowest BCUT2D eigenvalue weighted by Gasteiger charge is -2.27. The molecule has 0 saturated carbocycles. The number of amides is 1. The van der Waals surface area contributed by atoms with E-state index in [1.807, 2.05) is 26.8 Å². The highest BCUT2D eigenvalue weighted by atomic mass is 16.5. The number of nitrogens with one attached hydrogen (secondary N) is 2. The molecule has 1 saturated heterocycles. The first-order chi connectivity index (χ1) is 11.6. The minimum absolute atomic E-state index is 0.0412. The molecule has 0 atom stereocenters. The smallest absolute Gasteiger partial charge is 0.224 e. The summed E-state index contributed by atoms with van der Waals surface area (Å²) in [5.74, 6) is 1.16. The van der Waals surface area contributed by atoms with Crippen LogP contribution in [-0.4, -0.2) is 50.1 Å². The van der Waals surface area contributed by atoms with Gasteiger partial charge in [-0.2, -0.15) is 0 Å². The molecule has 1 aliphatic heterocycles. The summed E-state index contributed by atoms with van der Waals surface area (Å²) in [7, 11) is 0. The van der Waals surface area contributed by atoms with Gasteiger partial charge in [-0.1, -0.05) is 19.9 Å². The van der Waals surface area contributed by atoms with Gasteiger partial charge in [-0.05, 0) is 37.0 Å². The van der Waals surface area contributed by atoms with Crippen molar-refractivity contribution in [3.8, 4) is 5.75 Å². The molecule has 1 amide bonds. The number of benzene rings is 1. The maximum absolute atomic E-state index is 12.0. The maximum atomic E-state index is 12.0. The third-order valence-corrected chi connectivity index (χ3v) is 4.14. The molecule has 5 heteroatoms. The van der Waals surface area contributed by atoms with Crippen LogP contribution < -0.4 is 15.4 Å². The quantitative estimate of drug-likeness (QED) is 0.767. The van der Waals surface area contributed by atoms with Gasteiger partial charge in [0.05, 0.1) is 12.3 Å². The third kappa shape index (κ3) is 6.13. The molecule has 2 rings (SSSR count). The zero-order valence-electron chi connectivity index (χ0n) is 15.2. The minimum Gasteiger partial charge on any atom is -0.492 e. The van der Waals surface area contributed by atoms with Gasteiger partial charge in [-0.15, -0.1) is 0 Å². The van der Waals surface area contributed by atoms with Gasteiger partial charge in [0.2, 0.25) is 5.91 Å². The average molecular weight is 333 g/mol. The number of piperazine rings is 1. The van der Waals surface area contributed by atoms with Crippen LogP contribution in [0.1, 0.15) is 32.8 Å². The Bertz CT molecular complexity index is 525. The predicted molar refractivity (Wildman–Crippen MR) is 98.7 cm³/mol. The lowest BCUT2D eigenvalue weighted by Crippen LogP contribution is -2.44. The van der Waals surface area contributed by atoms with Crippen LogP contribution in [0.5, 0.6) is 5.75 Å². The molecule has 0 radical (unpaired) electrons. The van der Waals surface area contributed by atoms with E-state index in [1.165, 1.54) is 5.56 Å². The Labute approximate surface area is 145 Å². The summed E-state index contributed by atoms with van der Waals surface area (Å²) >= 11 is 0. The molecule has 2 N–H and O–H groups in total. The van der Waals surface area contributed by atoms with Crippen molar-refractivity contribution >= 4 is 11.6 Å². The maximum Gasteiger partial charge on any atom is 0.224 e. The molecule has 1 heterocycles. The highest BCUT2D eigenvalue weighted by Gasteiger charge is 2.12. The predicted octanol–water partition coefficient (Wildman–Crippen LogP) is 2.52. The Morgan fingerprint density at radius 2 is 2.08 bits per heavy atom. The van der Waals surface area contributed by atoms with Crippen molar-refractivity contribution in [2.45, 2.75) is 33.6 Å². The second-order valence-electron chi connectivity index (χ2n) is 6.75. The molecule has 0 bridgehead atoms. The molecule has 0 spiro atoms. The number of hydrogen-bond acceptors (Lipinski definition) is 4. The van der Waals surface area contributed by atoms with Crippen molar-refractivity contribution in [3.05, 3.63) is 23.8 Å². The second-order valence-corrected chi connectivity index (χ2v) is 6.75. The lowest BCUT2D eigenvalue weighted by atomic mass is 10.1. The zero-order valence-corrected chi connectivity index (χ0v) is 15.2. The fourth-order valence-corrected chi connectivity index (χ4v) is 2.89. The monoisotopic (exact) mass is 333 g/mol. The van der Waals surface area contributed by atoms with E-state index in [4.69, 9.17) is 4.74 Å². The number of carbonyl (C=O) groups is 1. The fourth-order valence-electron chi connectivity index (χ4n) is 2.89. The summed E-state index contributed by atoms with van der Waals surface area (Å²) in [4.78, 5) is 14.5. The molecular formula is C19H31N3O2. The normalized spacial score (nSPS) is 15.5. The van der Waals surface area contributed by atoms with Gasteiger partial charge in [0, 0.05) is 39.1 Å². The number of nitrogens with zero attached hydrogens (tertiary/aromatic N) is 1. The lowest BCUT2D eigenvalue weighted by molar-refractivity contribution is -0.116. The highest BCUT2D eigenvalue weighted by Crippen LogP contribution is 2.27. The van der Waals surface area contributed by atoms with Crippen LogP contribution in [-0.2, 0) is 11.2 Å². The van der Waals surface area contributed by atoms with Crippen LogP contribution in [0.3, 0.4) is 0 Å². The van der Waals surface area contributed by atoms with E-state index >= 15 is 0 Å². The van der Waals surface area contributed by atoms with Gasteiger partial charge in [0.25, 0.3) is 0 Å². The molecule has 1 aromatic carbocycles. The van der Waals surface area contributed by atoms with Gasteiger partial charge >= 0.3 is 0 Å². The molecule has 0 unspecified atom stereocenters. The van der Waals surface area contributed by atoms with Gasteiger partial charge in [0.15, 0.2) is 0 Å². The van der Waals surface area contributed by atoms with Crippen LogP contribution in [0.25, 0.3) is 0 Å². The summed E-state index contributed by atoms with van der Waals surface area (Å²) in [6.07, 6.45) is 1.52. The van der Waals surface area contributed by atoms with Crippen LogP contribution >= 0.6 is 0 Å². The van der Waals surface area contributed by atoms with Gasteiger partial charge in [-0.25, -0.2) is 0 Å². The van der Waals surface area contributed by atoms with Gasteiger partial charge in [0.1, 0.15) is 5.75 Å². The van der Waals surface area contributed by atoms with E-state index in [0.29, 0.717) is 18.9 Å². The van der Waals surface area contributed by atoms with Crippen LogP contribution in [0, 0.1) is 5.92 Å². The number of carbonyl (C=O) groups excluding carboxylic acids is 1. The van der Waals surface area contributed by atoms with E-state index in [-0.39, 0.29) is 5.91 Å². The van der Waals surface area contributed by atoms with E-state index in [9.17, 15) is 4.79 Å². The molecular weight excluding hydrogens is 302 g/mol. The topological polar surface area (TPSA) is 53.6 Å². The Hall–Kier alpha value is -1.59. The third-order valence-electron chi connectivity index (χ3n) is 4.14. The van der Waals surface area contributed by atoms with Crippen LogP contribution in [0.15, 0.2) is 18.2 Å². The SMILES string of the molecule is CCOc1cc(CCN2CCNCC2)ccc1NC(=O)CC(C)C. The molecule has 1 aromatic rings. The van der Waals surface area contributed by atoms with E-state index < -0.39 is 0 Å². The van der Waals surface area contributed by atoms with Crippen molar-refractivity contribution < 1.29 is 9.53 Å². The summed E-state index contributed by atoms with van der Waals surface area (Å²) in [6.45, 7) is 12.1. The van der Waals surface area contributed by atoms with Crippen molar-refractivity contribution in [1.29, 1.82) is 0 Å². The molecule has 0 aromatic heterocycles. The van der Waals surface area contributed by atoms with Crippen molar-refractivity contribution in [1.82, 2.24) is 10.2 Å². The van der Waals surface area contributed by atoms with Crippen molar-refractivity contribution in [2.24, 2.45) is 5.92 Å². The molecule has 1 fully saturated rings. The number of hydrogen-bond donors (Lipinski definition) is 2. The van der Waals surface area contributed by atoms with E-state index in [1.54, 1.807) is 0 Å². The first kappa shape index (κ1) is 18.7. The largest absolute Gasteiger partial charge is 0.492 e.